The molecular formula is C11H21N3. The van der Waals surface area contributed by atoms with Gasteiger partial charge >= 0.3 is 0 Å². The molecule has 0 aliphatic carbocycles. The van der Waals surface area contributed by atoms with Crippen molar-refractivity contribution in [2.45, 2.75) is 52.7 Å². The molecule has 0 aromatic carbocycles. The van der Waals surface area contributed by atoms with Crippen LogP contribution in [0, 0.1) is 0 Å². The summed E-state index contributed by atoms with van der Waals surface area (Å²) in [5.74, 6) is 0. The van der Waals surface area contributed by atoms with Crippen molar-refractivity contribution in [3.05, 3.63) is 18.0 Å². The van der Waals surface area contributed by atoms with Crippen LogP contribution in [0.4, 0.5) is 0 Å². The van der Waals surface area contributed by atoms with E-state index in [0.717, 1.165) is 13.0 Å². The number of hydrogen-bond donors (Lipinski definition) is 1. The lowest BCUT2D eigenvalue weighted by atomic mass is 10.2. The Bertz CT molecular complexity index is 265. The molecule has 1 unspecified atom stereocenters. The van der Waals surface area contributed by atoms with Gasteiger partial charge in [0.1, 0.15) is 0 Å². The maximum atomic E-state index is 4.30. The minimum absolute atomic E-state index is 0.451. The third-order valence-corrected chi connectivity index (χ3v) is 2.45. The normalized spacial score (nSPS) is 13.5. The SMILES string of the molecule is CCC(C)NCc1cnn(C(C)C)c1. The smallest absolute Gasteiger partial charge is 0.0534 e. The Hall–Kier alpha value is -0.830. The highest BCUT2D eigenvalue weighted by Gasteiger charge is 2.02. The molecule has 1 N–H and O–H groups in total. The van der Waals surface area contributed by atoms with Crippen LogP contribution in [-0.2, 0) is 6.54 Å². The van der Waals surface area contributed by atoms with Gasteiger partial charge in [0.05, 0.1) is 6.20 Å². The van der Waals surface area contributed by atoms with Crippen LogP contribution in [0.15, 0.2) is 12.4 Å². The van der Waals surface area contributed by atoms with Crippen LogP contribution >= 0.6 is 0 Å². The van der Waals surface area contributed by atoms with Crippen molar-refractivity contribution in [1.29, 1.82) is 0 Å². The van der Waals surface area contributed by atoms with Gasteiger partial charge in [0.15, 0.2) is 0 Å². The molecule has 0 radical (unpaired) electrons. The number of hydrogen-bond acceptors (Lipinski definition) is 2. The largest absolute Gasteiger partial charge is 0.310 e. The van der Waals surface area contributed by atoms with Gasteiger partial charge in [-0.3, -0.25) is 4.68 Å². The first kappa shape index (κ1) is 11.2. The first-order valence-electron chi connectivity index (χ1n) is 5.40. The molecule has 1 atom stereocenters. The third kappa shape index (κ3) is 3.14. The predicted octanol–water partition coefficient (Wildman–Crippen LogP) is 2.35. The van der Waals surface area contributed by atoms with E-state index in [0.29, 0.717) is 12.1 Å². The van der Waals surface area contributed by atoms with E-state index in [2.05, 4.69) is 44.3 Å². The Labute approximate surface area is 86.5 Å². The summed E-state index contributed by atoms with van der Waals surface area (Å²) in [6, 6.07) is 1.03. The molecule has 0 spiro atoms. The summed E-state index contributed by atoms with van der Waals surface area (Å²) in [5.41, 5.74) is 1.26. The van der Waals surface area contributed by atoms with Gasteiger partial charge in [-0.15, -0.1) is 0 Å². The van der Waals surface area contributed by atoms with Gasteiger partial charge in [0.25, 0.3) is 0 Å². The second-order valence-corrected chi connectivity index (χ2v) is 4.11. The summed E-state index contributed by atoms with van der Waals surface area (Å²) < 4.78 is 1.99. The molecule has 3 nitrogen and oxygen atoms in total. The molecule has 0 bridgehead atoms. The highest BCUT2D eigenvalue weighted by atomic mass is 15.3. The Morgan fingerprint density at radius 3 is 2.64 bits per heavy atom. The zero-order valence-electron chi connectivity index (χ0n) is 9.62. The van der Waals surface area contributed by atoms with Crippen molar-refractivity contribution < 1.29 is 0 Å². The monoisotopic (exact) mass is 195 g/mol. The molecule has 1 aromatic heterocycles. The second kappa shape index (κ2) is 5.15. The second-order valence-electron chi connectivity index (χ2n) is 4.11. The van der Waals surface area contributed by atoms with Crippen molar-refractivity contribution in [2.75, 3.05) is 0 Å². The molecule has 3 heteroatoms. The van der Waals surface area contributed by atoms with Crippen molar-refractivity contribution in [3.63, 3.8) is 0 Å². The predicted molar refractivity (Wildman–Crippen MR) is 59.2 cm³/mol. The molecule has 1 rings (SSSR count). The van der Waals surface area contributed by atoms with Gasteiger partial charge in [-0.05, 0) is 27.2 Å². The maximum absolute atomic E-state index is 4.30. The fourth-order valence-corrected chi connectivity index (χ4v) is 1.19. The minimum atomic E-state index is 0.451. The molecule has 1 heterocycles. The van der Waals surface area contributed by atoms with Crippen LogP contribution in [-0.4, -0.2) is 15.8 Å². The van der Waals surface area contributed by atoms with Crippen molar-refractivity contribution in [1.82, 2.24) is 15.1 Å². The zero-order chi connectivity index (χ0) is 10.6. The summed E-state index contributed by atoms with van der Waals surface area (Å²) in [6.45, 7) is 9.58. The van der Waals surface area contributed by atoms with E-state index < -0.39 is 0 Å². The van der Waals surface area contributed by atoms with Crippen molar-refractivity contribution in [2.24, 2.45) is 0 Å². The topological polar surface area (TPSA) is 29.9 Å². The van der Waals surface area contributed by atoms with E-state index in [1.54, 1.807) is 0 Å². The molecule has 0 amide bonds. The van der Waals surface area contributed by atoms with E-state index in [1.165, 1.54) is 5.56 Å². The van der Waals surface area contributed by atoms with E-state index >= 15 is 0 Å². The minimum Gasteiger partial charge on any atom is -0.310 e. The summed E-state index contributed by atoms with van der Waals surface area (Å²) in [4.78, 5) is 0. The van der Waals surface area contributed by atoms with E-state index in [4.69, 9.17) is 0 Å². The quantitative estimate of drug-likeness (QED) is 0.781. The lowest BCUT2D eigenvalue weighted by Gasteiger charge is -2.09. The molecule has 0 fully saturated rings. The Morgan fingerprint density at radius 2 is 2.14 bits per heavy atom. The van der Waals surface area contributed by atoms with Crippen LogP contribution in [0.2, 0.25) is 0 Å². The summed E-state index contributed by atoms with van der Waals surface area (Å²) in [6.07, 6.45) is 5.22. The standard InChI is InChI=1S/C11H21N3/c1-5-10(4)12-6-11-7-13-14(8-11)9(2)3/h7-10,12H,5-6H2,1-4H3. The highest BCUT2D eigenvalue weighted by molar-refractivity contribution is 5.03. The fraction of sp³-hybridized carbons (Fsp3) is 0.727. The van der Waals surface area contributed by atoms with Crippen molar-refractivity contribution in [3.8, 4) is 0 Å². The summed E-state index contributed by atoms with van der Waals surface area (Å²) in [5, 5.41) is 7.74. The fourth-order valence-electron chi connectivity index (χ4n) is 1.19. The zero-order valence-corrected chi connectivity index (χ0v) is 9.62. The number of nitrogens with one attached hydrogen (secondary N) is 1. The highest BCUT2D eigenvalue weighted by Crippen LogP contribution is 2.05. The first-order chi connectivity index (χ1) is 6.63. The van der Waals surface area contributed by atoms with Crippen LogP contribution in [0.5, 0.6) is 0 Å². The molecule has 1 aromatic rings. The van der Waals surface area contributed by atoms with Crippen molar-refractivity contribution >= 4 is 0 Å². The summed E-state index contributed by atoms with van der Waals surface area (Å²) >= 11 is 0. The van der Waals surface area contributed by atoms with Gasteiger partial charge in [-0.25, -0.2) is 0 Å². The lowest BCUT2D eigenvalue weighted by molar-refractivity contribution is 0.524. The first-order valence-corrected chi connectivity index (χ1v) is 5.40. The average Bonchev–Trinajstić information content (AvgIpc) is 2.62. The van der Waals surface area contributed by atoms with E-state index in [1.807, 2.05) is 10.9 Å². The molecule has 0 saturated heterocycles. The number of aromatic nitrogens is 2. The molecule has 80 valence electrons. The Kier molecular flexibility index (Phi) is 4.14. The molecule has 0 saturated carbocycles. The van der Waals surface area contributed by atoms with Crippen LogP contribution in [0.1, 0.15) is 45.7 Å². The Morgan fingerprint density at radius 1 is 1.43 bits per heavy atom. The lowest BCUT2D eigenvalue weighted by Crippen LogP contribution is -2.24. The van der Waals surface area contributed by atoms with Gasteiger partial charge < -0.3 is 5.32 Å². The van der Waals surface area contributed by atoms with Crippen LogP contribution < -0.4 is 5.32 Å². The third-order valence-electron chi connectivity index (χ3n) is 2.45. The van der Waals surface area contributed by atoms with Gasteiger partial charge in [-0.1, -0.05) is 6.92 Å². The van der Waals surface area contributed by atoms with Gasteiger partial charge in [0, 0.05) is 30.4 Å². The molecular weight excluding hydrogens is 174 g/mol. The molecule has 0 aliphatic heterocycles. The molecule has 14 heavy (non-hydrogen) atoms. The van der Waals surface area contributed by atoms with E-state index in [-0.39, 0.29) is 0 Å². The Balaban J connectivity index is 2.44. The summed E-state index contributed by atoms with van der Waals surface area (Å²) in [7, 11) is 0. The maximum Gasteiger partial charge on any atom is 0.0534 e. The van der Waals surface area contributed by atoms with Crippen LogP contribution in [0.3, 0.4) is 0 Å². The van der Waals surface area contributed by atoms with Gasteiger partial charge in [0.2, 0.25) is 0 Å². The van der Waals surface area contributed by atoms with E-state index in [9.17, 15) is 0 Å². The number of rotatable bonds is 5. The average molecular weight is 195 g/mol. The molecule has 0 aliphatic rings. The van der Waals surface area contributed by atoms with Gasteiger partial charge in [-0.2, -0.15) is 5.10 Å². The number of nitrogens with zero attached hydrogens (tertiary/aromatic N) is 2. The van der Waals surface area contributed by atoms with Crippen LogP contribution in [0.25, 0.3) is 0 Å².